The Morgan fingerprint density at radius 3 is 2.37 bits per heavy atom. The maximum absolute atomic E-state index is 12.8. The van der Waals surface area contributed by atoms with Crippen molar-refractivity contribution < 1.29 is 4.79 Å². The van der Waals surface area contributed by atoms with Crippen LogP contribution in [0.1, 0.15) is 48.9 Å². The van der Waals surface area contributed by atoms with Gasteiger partial charge in [-0.25, -0.2) is 9.97 Å². The Hall–Kier alpha value is -2.40. The van der Waals surface area contributed by atoms with Crippen molar-refractivity contribution in [1.82, 2.24) is 14.9 Å². The SMILES string of the molecule is Cc1ccc(Cc2nc3ccccc3nc2SCC(=O)N(C)C2CCCCC2)cc1. The minimum absolute atomic E-state index is 0.183. The normalized spacial score (nSPS) is 14.7. The molecule has 0 atom stereocenters. The molecule has 0 bridgehead atoms. The molecule has 1 heterocycles. The van der Waals surface area contributed by atoms with Gasteiger partial charge in [0.05, 0.1) is 22.5 Å². The van der Waals surface area contributed by atoms with Gasteiger partial charge in [0.2, 0.25) is 5.91 Å². The quantitative estimate of drug-likeness (QED) is 0.501. The molecule has 30 heavy (non-hydrogen) atoms. The molecular weight excluding hydrogens is 390 g/mol. The second-order valence-electron chi connectivity index (χ2n) is 8.21. The molecule has 1 aliphatic rings. The molecule has 1 saturated carbocycles. The standard InChI is InChI=1S/C25H29N3OS/c1-18-12-14-19(15-13-18)16-23-25(27-22-11-7-6-10-21(22)26-23)30-17-24(29)28(2)20-8-4-3-5-9-20/h6-7,10-15,20H,3-5,8-9,16-17H2,1-2H3. The van der Waals surface area contributed by atoms with Crippen LogP contribution < -0.4 is 0 Å². The fraction of sp³-hybridized carbons (Fsp3) is 0.400. The number of hydrogen-bond acceptors (Lipinski definition) is 4. The van der Waals surface area contributed by atoms with E-state index < -0.39 is 0 Å². The molecule has 4 rings (SSSR count). The number of aryl methyl sites for hydroxylation is 1. The average molecular weight is 420 g/mol. The van der Waals surface area contributed by atoms with Crippen LogP contribution in [0.3, 0.4) is 0 Å². The molecule has 3 aromatic rings. The molecule has 0 spiro atoms. The van der Waals surface area contributed by atoms with Crippen LogP contribution in [0.4, 0.5) is 0 Å². The van der Waals surface area contributed by atoms with Gasteiger partial charge in [-0.2, -0.15) is 0 Å². The van der Waals surface area contributed by atoms with Crippen molar-refractivity contribution in [2.75, 3.05) is 12.8 Å². The lowest BCUT2D eigenvalue weighted by Gasteiger charge is -2.31. The Kier molecular flexibility index (Phi) is 6.68. The molecule has 1 aliphatic carbocycles. The third kappa shape index (κ3) is 5.01. The topological polar surface area (TPSA) is 46.1 Å². The first kappa shape index (κ1) is 20.9. The van der Waals surface area contributed by atoms with E-state index >= 15 is 0 Å². The second-order valence-corrected chi connectivity index (χ2v) is 9.18. The Morgan fingerprint density at radius 2 is 1.67 bits per heavy atom. The molecule has 0 saturated heterocycles. The Bertz CT molecular complexity index is 1010. The molecule has 156 valence electrons. The number of fused-ring (bicyclic) bond motifs is 1. The van der Waals surface area contributed by atoms with Crippen molar-refractivity contribution in [2.24, 2.45) is 0 Å². The fourth-order valence-electron chi connectivity index (χ4n) is 4.05. The van der Waals surface area contributed by atoms with Gasteiger partial charge in [-0.1, -0.05) is 73.0 Å². The van der Waals surface area contributed by atoms with Crippen molar-refractivity contribution in [2.45, 2.75) is 56.5 Å². The maximum atomic E-state index is 12.8. The van der Waals surface area contributed by atoms with E-state index in [-0.39, 0.29) is 5.91 Å². The Balaban J connectivity index is 1.53. The number of carbonyl (C=O) groups excluding carboxylic acids is 1. The summed E-state index contributed by atoms with van der Waals surface area (Å²) in [7, 11) is 1.96. The highest BCUT2D eigenvalue weighted by Crippen LogP contribution is 2.27. The Morgan fingerprint density at radius 1 is 1.00 bits per heavy atom. The molecule has 0 N–H and O–H groups in total. The first-order valence-corrected chi connectivity index (χ1v) is 11.8. The number of nitrogens with zero attached hydrogens (tertiary/aromatic N) is 3. The summed E-state index contributed by atoms with van der Waals surface area (Å²) in [5.74, 6) is 0.587. The molecule has 0 aliphatic heterocycles. The van der Waals surface area contributed by atoms with E-state index in [2.05, 4.69) is 31.2 Å². The van der Waals surface area contributed by atoms with Gasteiger partial charge in [0, 0.05) is 19.5 Å². The zero-order valence-corrected chi connectivity index (χ0v) is 18.6. The lowest BCUT2D eigenvalue weighted by atomic mass is 9.94. The van der Waals surface area contributed by atoms with Gasteiger partial charge in [-0.15, -0.1) is 0 Å². The summed E-state index contributed by atoms with van der Waals surface area (Å²) in [5, 5.41) is 0.861. The van der Waals surface area contributed by atoms with Crippen LogP contribution in [0.2, 0.25) is 0 Å². The van der Waals surface area contributed by atoms with E-state index in [1.54, 1.807) is 0 Å². The zero-order chi connectivity index (χ0) is 20.9. The summed E-state index contributed by atoms with van der Waals surface area (Å²) in [6.45, 7) is 2.09. The number of thioether (sulfide) groups is 1. The van der Waals surface area contributed by atoms with Crippen LogP contribution in [0, 0.1) is 6.92 Å². The van der Waals surface area contributed by atoms with Gasteiger partial charge in [0.15, 0.2) is 0 Å². The number of aromatic nitrogens is 2. The summed E-state index contributed by atoms with van der Waals surface area (Å²) in [6, 6.07) is 16.9. The van der Waals surface area contributed by atoms with Crippen LogP contribution >= 0.6 is 11.8 Å². The zero-order valence-electron chi connectivity index (χ0n) is 17.8. The number of para-hydroxylation sites is 2. The van der Waals surface area contributed by atoms with Gasteiger partial charge >= 0.3 is 0 Å². The first-order valence-electron chi connectivity index (χ1n) is 10.8. The minimum atomic E-state index is 0.183. The summed E-state index contributed by atoms with van der Waals surface area (Å²) in [5.41, 5.74) is 5.16. The predicted molar refractivity (Wildman–Crippen MR) is 124 cm³/mol. The van der Waals surface area contributed by atoms with Crippen molar-refractivity contribution in [3.8, 4) is 0 Å². The maximum Gasteiger partial charge on any atom is 0.232 e. The van der Waals surface area contributed by atoms with Gasteiger partial charge in [-0.3, -0.25) is 4.79 Å². The fourth-order valence-corrected chi connectivity index (χ4v) is 4.97. The molecule has 2 aromatic carbocycles. The third-order valence-corrected chi connectivity index (χ3v) is 6.94. The van der Waals surface area contributed by atoms with E-state index in [0.717, 1.165) is 34.6 Å². The summed E-state index contributed by atoms with van der Waals surface area (Å²) < 4.78 is 0. The molecular formula is C25H29N3OS. The molecule has 0 radical (unpaired) electrons. The van der Waals surface area contributed by atoms with Gasteiger partial charge in [0.1, 0.15) is 5.03 Å². The van der Waals surface area contributed by atoms with Crippen molar-refractivity contribution in [1.29, 1.82) is 0 Å². The van der Waals surface area contributed by atoms with Crippen LogP contribution in [-0.2, 0) is 11.2 Å². The van der Waals surface area contributed by atoms with Gasteiger partial charge in [-0.05, 0) is 37.5 Å². The van der Waals surface area contributed by atoms with Crippen molar-refractivity contribution in [3.05, 3.63) is 65.4 Å². The van der Waals surface area contributed by atoms with E-state index in [1.165, 1.54) is 42.2 Å². The molecule has 4 nitrogen and oxygen atoms in total. The van der Waals surface area contributed by atoms with Crippen molar-refractivity contribution in [3.63, 3.8) is 0 Å². The van der Waals surface area contributed by atoms with E-state index in [1.807, 2.05) is 36.2 Å². The summed E-state index contributed by atoms with van der Waals surface area (Å²) in [4.78, 5) is 24.6. The molecule has 1 amide bonds. The van der Waals surface area contributed by atoms with Crippen LogP contribution in [0.25, 0.3) is 11.0 Å². The molecule has 1 fully saturated rings. The highest BCUT2D eigenvalue weighted by atomic mass is 32.2. The van der Waals surface area contributed by atoms with Crippen LogP contribution in [0.15, 0.2) is 53.6 Å². The molecule has 0 unspecified atom stereocenters. The molecule has 5 heteroatoms. The minimum Gasteiger partial charge on any atom is -0.342 e. The largest absolute Gasteiger partial charge is 0.342 e. The summed E-state index contributed by atoms with van der Waals surface area (Å²) in [6.07, 6.45) is 6.72. The van der Waals surface area contributed by atoms with Gasteiger partial charge in [0.25, 0.3) is 0 Å². The van der Waals surface area contributed by atoms with Crippen LogP contribution in [-0.4, -0.2) is 39.6 Å². The number of benzene rings is 2. The lowest BCUT2D eigenvalue weighted by Crippen LogP contribution is -2.39. The highest BCUT2D eigenvalue weighted by Gasteiger charge is 2.22. The van der Waals surface area contributed by atoms with Crippen LogP contribution in [0.5, 0.6) is 0 Å². The number of amides is 1. The van der Waals surface area contributed by atoms with Crippen molar-refractivity contribution >= 4 is 28.7 Å². The van der Waals surface area contributed by atoms with E-state index in [9.17, 15) is 4.79 Å². The monoisotopic (exact) mass is 419 g/mol. The average Bonchev–Trinajstić information content (AvgIpc) is 2.79. The summed E-state index contributed by atoms with van der Waals surface area (Å²) >= 11 is 1.52. The first-order chi connectivity index (χ1) is 14.6. The molecule has 1 aromatic heterocycles. The smallest absolute Gasteiger partial charge is 0.232 e. The lowest BCUT2D eigenvalue weighted by molar-refractivity contribution is -0.129. The third-order valence-electron chi connectivity index (χ3n) is 5.95. The Labute approximate surface area is 183 Å². The predicted octanol–water partition coefficient (Wildman–Crippen LogP) is 5.41. The van der Waals surface area contributed by atoms with E-state index in [0.29, 0.717) is 18.2 Å². The number of hydrogen-bond donors (Lipinski definition) is 0. The van der Waals surface area contributed by atoms with E-state index in [4.69, 9.17) is 9.97 Å². The highest BCUT2D eigenvalue weighted by molar-refractivity contribution is 7.99. The second kappa shape index (κ2) is 9.61. The number of rotatable bonds is 6. The van der Waals surface area contributed by atoms with Gasteiger partial charge < -0.3 is 4.90 Å². The number of carbonyl (C=O) groups is 1.